The molecule has 0 aliphatic rings. The normalized spacial score (nSPS) is 13.6. The Morgan fingerprint density at radius 2 is 0.543 bits per heavy atom. The van der Waals surface area contributed by atoms with E-state index in [9.17, 15) is 57.5 Å². The maximum Gasteiger partial charge on any atom is 0.243 e. The van der Waals surface area contributed by atoms with Crippen LogP contribution in [0.2, 0.25) is 0 Å². The molecule has 8 aromatic rings. The molecule has 4 aromatic carbocycles. The fraction of sp³-hybridized carbons (Fsp3) is 0.429. The second-order valence-corrected chi connectivity index (χ2v) is 26.8. The summed E-state index contributed by atoms with van der Waals surface area (Å²) in [6, 6.07) is 21.2. The summed E-state index contributed by atoms with van der Waals surface area (Å²) >= 11 is 0. The number of carbonyl (C=O) groups is 12. The second-order valence-electron chi connectivity index (χ2n) is 26.8. The van der Waals surface area contributed by atoms with Crippen LogP contribution in [-0.2, 0) is 83.2 Å². The van der Waals surface area contributed by atoms with Gasteiger partial charge in [0.25, 0.3) is 0 Å². The van der Waals surface area contributed by atoms with E-state index in [1.165, 1.54) is 27.7 Å². The molecule has 560 valence electrons. The van der Waals surface area contributed by atoms with Crippen molar-refractivity contribution < 1.29 is 57.5 Å². The smallest absolute Gasteiger partial charge is 0.243 e. The minimum atomic E-state index is -1.34. The number of primary amides is 1. The largest absolute Gasteiger partial charge is 0.368 e. The monoisotopic (exact) mass is 1440 g/mol. The average molecular weight is 1440 g/mol. The SMILES string of the molecule is CCCCCC(NC(=O)C(CCCCNC(=O)C(CCCCNC(=O)C(Cc1c[nH]c2ccccc12)NC(C)=O)NC(=O)C(Cc1c[nH]c2ccccc12)NC(C)=O)NC(=O)C(CCCCNC(=O)C(Cc1c[nH]c2ccccc12)NC(C)=O)NC(=O)C(Cc1c[nH]c2ccccc12)NC(C)=O)C(N)=O. The van der Waals surface area contributed by atoms with Gasteiger partial charge in [-0.25, -0.2) is 0 Å². The van der Waals surface area contributed by atoms with E-state index in [2.05, 4.69) is 78.4 Å². The van der Waals surface area contributed by atoms with E-state index in [0.717, 1.165) is 73.1 Å². The van der Waals surface area contributed by atoms with Crippen molar-refractivity contribution in [2.75, 3.05) is 19.6 Å². The number of fused-ring (bicyclic) bond motifs is 4. The van der Waals surface area contributed by atoms with Crippen molar-refractivity contribution in [2.45, 2.75) is 192 Å². The summed E-state index contributed by atoms with van der Waals surface area (Å²) in [5.41, 5.74) is 12.4. The van der Waals surface area contributed by atoms with Crippen molar-refractivity contribution in [3.8, 4) is 0 Å². The number of hydrogen-bond donors (Lipinski definition) is 16. The molecule has 8 rings (SSSR count). The number of unbranched alkanes of at least 4 members (excludes halogenated alkanes) is 5. The minimum absolute atomic E-state index is 0.0146. The number of hydrogen-bond acceptors (Lipinski definition) is 12. The lowest BCUT2D eigenvalue weighted by Crippen LogP contribution is -2.58. The number of nitrogens with two attached hydrogens (primary N) is 1. The topological polar surface area (TPSA) is 426 Å². The van der Waals surface area contributed by atoms with Crippen LogP contribution < -0.4 is 64.2 Å². The van der Waals surface area contributed by atoms with Crippen LogP contribution in [0.1, 0.15) is 140 Å². The standard InChI is InChI=1S/C77H100N16O12/c1-6-7-8-31-62(70(78)98)90-74(102)64(92-75(103)65(93-77(105)69(89-49(5)97)41-53-45-85-61-30-16-12-26-57(53)61)34-19-22-37-81-73(101)67(87-47(3)95)39-51-43-83-59-28-14-10-24-55(51)59)33-18-21-35-79-71(99)63(91-76(104)68(88-48(4)96)40-52-44-84-60-29-15-11-25-56(52)60)32-17-20-36-80-72(100)66(86-46(2)94)38-50-42-82-58-27-13-9-23-54(50)58/h9-16,23-30,42-45,62-69,82-85H,6-8,17-22,31-41H2,1-5H3,(H2,78,98)(H,79,99)(H,80,100)(H,81,101)(H,86,94)(H,87,95)(H,88,96)(H,89,97)(H,90,102)(H,91,104)(H,92,103)(H,93,105). The van der Waals surface area contributed by atoms with Gasteiger partial charge in [-0.2, -0.15) is 0 Å². The van der Waals surface area contributed by atoms with Crippen molar-refractivity contribution in [1.29, 1.82) is 0 Å². The van der Waals surface area contributed by atoms with E-state index in [1.54, 1.807) is 24.8 Å². The zero-order valence-electron chi connectivity index (χ0n) is 60.3. The highest BCUT2D eigenvalue weighted by atomic mass is 16.2. The molecule has 12 amide bonds. The second kappa shape index (κ2) is 39.9. The first kappa shape index (κ1) is 79.4. The molecule has 4 heterocycles. The summed E-state index contributed by atoms with van der Waals surface area (Å²) in [6.07, 6.45) is 11.6. The highest BCUT2D eigenvalue weighted by Crippen LogP contribution is 2.24. The molecule has 8 atom stereocenters. The van der Waals surface area contributed by atoms with Crippen molar-refractivity contribution in [3.63, 3.8) is 0 Å². The Hall–Kier alpha value is -11.3. The summed E-state index contributed by atoms with van der Waals surface area (Å²) in [5.74, 6) is -6.82. The Kier molecular flexibility index (Phi) is 30.2. The number of H-pyrrole nitrogens is 4. The summed E-state index contributed by atoms with van der Waals surface area (Å²) < 4.78 is 0. The molecule has 28 heteroatoms. The van der Waals surface area contributed by atoms with E-state index in [4.69, 9.17) is 5.73 Å². The predicted molar refractivity (Wildman–Crippen MR) is 400 cm³/mol. The Balaban J connectivity index is 0.962. The van der Waals surface area contributed by atoms with Crippen molar-refractivity contribution in [1.82, 2.24) is 78.4 Å². The van der Waals surface area contributed by atoms with Gasteiger partial charge in [-0.1, -0.05) is 99.0 Å². The van der Waals surface area contributed by atoms with E-state index in [-0.39, 0.29) is 96.2 Å². The van der Waals surface area contributed by atoms with E-state index < -0.39 is 113 Å². The van der Waals surface area contributed by atoms with Crippen molar-refractivity contribution >= 4 is 114 Å². The van der Waals surface area contributed by atoms with Gasteiger partial charge in [-0.05, 0) is 111 Å². The van der Waals surface area contributed by atoms with Gasteiger partial charge in [0.2, 0.25) is 70.9 Å². The molecule has 0 aliphatic carbocycles. The molecule has 4 aromatic heterocycles. The van der Waals surface area contributed by atoms with Gasteiger partial charge in [-0.15, -0.1) is 0 Å². The highest BCUT2D eigenvalue weighted by molar-refractivity contribution is 5.97. The van der Waals surface area contributed by atoms with Gasteiger partial charge in [0.15, 0.2) is 0 Å². The van der Waals surface area contributed by atoms with E-state index in [0.29, 0.717) is 31.2 Å². The third kappa shape index (κ3) is 24.1. The first-order chi connectivity index (χ1) is 50.5. The molecule has 0 saturated carbocycles. The molecular formula is C77H100N16O12. The summed E-state index contributed by atoms with van der Waals surface area (Å²) in [6.45, 7) is 7.49. The van der Waals surface area contributed by atoms with Crippen molar-refractivity contribution in [2.24, 2.45) is 5.73 Å². The van der Waals surface area contributed by atoms with Gasteiger partial charge in [-0.3, -0.25) is 57.5 Å². The highest BCUT2D eigenvalue weighted by Gasteiger charge is 2.33. The number of nitrogens with one attached hydrogen (secondary N) is 15. The summed E-state index contributed by atoms with van der Waals surface area (Å²) in [5, 5.41) is 34.4. The van der Waals surface area contributed by atoms with E-state index in [1.807, 2.05) is 104 Å². The lowest BCUT2D eigenvalue weighted by molar-refractivity contribution is -0.134. The predicted octanol–water partition coefficient (Wildman–Crippen LogP) is 4.77. The Morgan fingerprint density at radius 3 is 0.829 bits per heavy atom. The first-order valence-electron chi connectivity index (χ1n) is 36.2. The number of rotatable bonds is 43. The fourth-order valence-electron chi connectivity index (χ4n) is 13.1. The molecule has 28 nitrogen and oxygen atoms in total. The molecule has 0 bridgehead atoms. The van der Waals surface area contributed by atoms with Crippen LogP contribution in [0, 0.1) is 0 Å². The maximum absolute atomic E-state index is 14.9. The Bertz CT molecular complexity index is 4330. The summed E-state index contributed by atoms with van der Waals surface area (Å²) in [4.78, 5) is 176. The van der Waals surface area contributed by atoms with Gasteiger partial charge < -0.3 is 84.2 Å². The number of amides is 12. The van der Waals surface area contributed by atoms with Gasteiger partial charge in [0.1, 0.15) is 48.3 Å². The third-order valence-corrected chi connectivity index (χ3v) is 18.5. The van der Waals surface area contributed by atoms with Gasteiger partial charge >= 0.3 is 0 Å². The number of para-hydroxylation sites is 4. The first-order valence-corrected chi connectivity index (χ1v) is 36.2. The molecule has 105 heavy (non-hydrogen) atoms. The molecule has 17 N–H and O–H groups in total. The Labute approximate surface area is 609 Å². The van der Waals surface area contributed by atoms with Crippen LogP contribution in [0.3, 0.4) is 0 Å². The molecule has 0 radical (unpaired) electrons. The maximum atomic E-state index is 14.9. The lowest BCUT2D eigenvalue weighted by Gasteiger charge is -2.26. The zero-order valence-corrected chi connectivity index (χ0v) is 60.3. The third-order valence-electron chi connectivity index (χ3n) is 18.5. The van der Waals surface area contributed by atoms with Crippen molar-refractivity contribution in [3.05, 3.63) is 144 Å². The van der Waals surface area contributed by atoms with Crippen LogP contribution in [0.15, 0.2) is 122 Å². The number of aromatic nitrogens is 4. The average Bonchev–Trinajstić information content (AvgIpc) is 1.73. The molecule has 0 saturated heterocycles. The number of carbonyl (C=O) groups excluding carboxylic acids is 12. The van der Waals surface area contributed by atoms with Crippen LogP contribution >= 0.6 is 0 Å². The van der Waals surface area contributed by atoms with Gasteiger partial charge in [0.05, 0.1) is 0 Å². The molecule has 0 aliphatic heterocycles. The fourth-order valence-corrected chi connectivity index (χ4v) is 13.1. The lowest BCUT2D eigenvalue weighted by atomic mass is 10.0. The molecule has 0 spiro atoms. The zero-order chi connectivity index (χ0) is 75.4. The molecular weight excluding hydrogens is 1340 g/mol. The number of benzene rings is 4. The van der Waals surface area contributed by atoms with Crippen LogP contribution in [0.4, 0.5) is 0 Å². The van der Waals surface area contributed by atoms with Crippen LogP contribution in [-0.4, -0.2) is 159 Å². The molecule has 0 fully saturated rings. The van der Waals surface area contributed by atoms with Crippen LogP contribution in [0.5, 0.6) is 0 Å². The van der Waals surface area contributed by atoms with Gasteiger partial charge in [0, 0.05) is 141 Å². The quantitative estimate of drug-likeness (QED) is 0.0230. The Morgan fingerprint density at radius 1 is 0.305 bits per heavy atom. The number of aromatic amines is 4. The molecule has 8 unspecified atom stereocenters. The minimum Gasteiger partial charge on any atom is -0.368 e. The van der Waals surface area contributed by atoms with E-state index >= 15 is 0 Å². The summed E-state index contributed by atoms with van der Waals surface area (Å²) in [7, 11) is 0. The van der Waals surface area contributed by atoms with Crippen LogP contribution in [0.25, 0.3) is 43.6 Å².